The molecule has 0 unspecified atom stereocenters. The summed E-state index contributed by atoms with van der Waals surface area (Å²) in [5.41, 5.74) is 11.3. The van der Waals surface area contributed by atoms with Gasteiger partial charge in [-0.2, -0.15) is 0 Å². The molecule has 2 heteroatoms. The number of hydrogen-bond donors (Lipinski definition) is 0. The van der Waals surface area contributed by atoms with Gasteiger partial charge in [-0.3, -0.25) is 4.57 Å². The first-order chi connectivity index (χ1) is 31.3. The van der Waals surface area contributed by atoms with E-state index in [9.17, 15) is 0 Å². The Balaban J connectivity index is 1.25. The lowest BCUT2D eigenvalue weighted by molar-refractivity contribution is 1.11. The highest BCUT2D eigenvalue weighted by molar-refractivity contribution is 6.25. The van der Waals surface area contributed by atoms with Gasteiger partial charge in [0, 0.05) is 22.4 Å². The SMILES string of the molecule is c1ccc(-n2c(-c3c4ccccc4c(-c4cccc5ccccc45)c4ccccc34)nc3c(-c4ccc5ccccc5c4)c4ccccc4c(-c4ccc5ccccc5c4)c32)cc1. The van der Waals surface area contributed by atoms with Gasteiger partial charge in [-0.05, 0) is 111 Å². The molecule has 2 nitrogen and oxygen atoms in total. The molecule has 13 rings (SSSR count). The van der Waals surface area contributed by atoms with Gasteiger partial charge >= 0.3 is 0 Å². The lowest BCUT2D eigenvalue weighted by Crippen LogP contribution is -2.01. The number of fused-ring (bicyclic) bond motifs is 7. The zero-order valence-electron chi connectivity index (χ0n) is 34.3. The molecule has 1 aromatic heterocycles. The second kappa shape index (κ2) is 14.1. The normalized spacial score (nSPS) is 11.8. The van der Waals surface area contributed by atoms with E-state index in [1.54, 1.807) is 0 Å². The van der Waals surface area contributed by atoms with E-state index in [0.29, 0.717) is 0 Å². The van der Waals surface area contributed by atoms with Crippen LogP contribution in [0.1, 0.15) is 0 Å². The summed E-state index contributed by atoms with van der Waals surface area (Å²) in [6, 6.07) is 84.2. The van der Waals surface area contributed by atoms with Crippen LogP contribution in [0.2, 0.25) is 0 Å². The zero-order valence-corrected chi connectivity index (χ0v) is 34.3. The van der Waals surface area contributed by atoms with E-state index >= 15 is 0 Å². The fourth-order valence-electron chi connectivity index (χ4n) is 10.4. The van der Waals surface area contributed by atoms with Crippen LogP contribution >= 0.6 is 0 Å². The van der Waals surface area contributed by atoms with Crippen LogP contribution in [0.25, 0.3) is 126 Å². The maximum atomic E-state index is 6.03. The third-order valence-corrected chi connectivity index (χ3v) is 13.1. The van der Waals surface area contributed by atoms with Crippen molar-refractivity contribution in [2.75, 3.05) is 0 Å². The van der Waals surface area contributed by atoms with Gasteiger partial charge in [0.1, 0.15) is 5.82 Å². The van der Waals surface area contributed by atoms with Gasteiger partial charge in [-0.1, -0.05) is 206 Å². The summed E-state index contributed by atoms with van der Waals surface area (Å²) in [5, 5.41) is 14.4. The van der Waals surface area contributed by atoms with Crippen molar-refractivity contribution in [1.82, 2.24) is 9.55 Å². The molecule has 0 bridgehead atoms. The van der Waals surface area contributed by atoms with Gasteiger partial charge in [0.05, 0.1) is 11.0 Å². The summed E-state index contributed by atoms with van der Waals surface area (Å²) in [5.74, 6) is 0.910. The minimum absolute atomic E-state index is 0.910. The van der Waals surface area contributed by atoms with Crippen molar-refractivity contribution in [2.45, 2.75) is 0 Å². The number of benzene rings is 12. The van der Waals surface area contributed by atoms with E-state index in [1.807, 2.05) is 0 Å². The van der Waals surface area contributed by atoms with Gasteiger partial charge in [0.25, 0.3) is 0 Å². The van der Waals surface area contributed by atoms with E-state index in [-0.39, 0.29) is 0 Å². The average Bonchev–Trinajstić information content (AvgIpc) is 3.73. The maximum absolute atomic E-state index is 6.03. The maximum Gasteiger partial charge on any atom is 0.147 e. The Hall–Kier alpha value is -8.33. The molecule has 63 heavy (non-hydrogen) atoms. The number of aromatic nitrogens is 2. The van der Waals surface area contributed by atoms with Gasteiger partial charge in [-0.15, -0.1) is 0 Å². The molecule has 0 saturated heterocycles. The molecule has 0 radical (unpaired) electrons. The highest BCUT2D eigenvalue weighted by atomic mass is 15.1. The average molecular weight is 799 g/mol. The van der Waals surface area contributed by atoms with Crippen molar-refractivity contribution in [3.63, 3.8) is 0 Å². The first-order valence-electron chi connectivity index (χ1n) is 21.7. The second-order valence-electron chi connectivity index (χ2n) is 16.6. The zero-order chi connectivity index (χ0) is 41.4. The minimum atomic E-state index is 0.910. The van der Waals surface area contributed by atoms with E-state index in [1.165, 1.54) is 70.6 Å². The predicted molar refractivity (Wildman–Crippen MR) is 268 cm³/mol. The molecule has 0 spiro atoms. The van der Waals surface area contributed by atoms with Crippen molar-refractivity contribution in [2.24, 2.45) is 0 Å². The molecule has 13 aromatic rings. The molecule has 0 atom stereocenters. The van der Waals surface area contributed by atoms with E-state index in [2.05, 4.69) is 235 Å². The van der Waals surface area contributed by atoms with Crippen molar-refractivity contribution in [3.05, 3.63) is 231 Å². The number of para-hydroxylation sites is 1. The van der Waals surface area contributed by atoms with Crippen LogP contribution in [0.15, 0.2) is 231 Å². The van der Waals surface area contributed by atoms with E-state index in [0.717, 1.165) is 55.6 Å². The summed E-state index contributed by atoms with van der Waals surface area (Å²) >= 11 is 0. The molecular formula is C61H38N2. The molecule has 292 valence electrons. The Bertz CT molecular complexity index is 3910. The topological polar surface area (TPSA) is 17.8 Å². The third-order valence-electron chi connectivity index (χ3n) is 13.1. The number of nitrogens with zero attached hydrogens (tertiary/aromatic N) is 2. The Morgan fingerprint density at radius 3 is 1.30 bits per heavy atom. The first kappa shape index (κ1) is 35.4. The van der Waals surface area contributed by atoms with Gasteiger partial charge in [-0.25, -0.2) is 4.98 Å². The summed E-state index contributed by atoms with van der Waals surface area (Å²) < 4.78 is 2.46. The summed E-state index contributed by atoms with van der Waals surface area (Å²) in [6.45, 7) is 0. The molecular weight excluding hydrogens is 761 g/mol. The lowest BCUT2D eigenvalue weighted by Gasteiger charge is -2.20. The second-order valence-corrected chi connectivity index (χ2v) is 16.6. The van der Waals surface area contributed by atoms with Crippen LogP contribution in [-0.4, -0.2) is 9.55 Å². The van der Waals surface area contributed by atoms with E-state index < -0.39 is 0 Å². The van der Waals surface area contributed by atoms with Crippen molar-refractivity contribution >= 4 is 75.7 Å². The molecule has 0 aliphatic heterocycles. The molecule has 0 amide bonds. The minimum Gasteiger partial charge on any atom is -0.292 e. The molecule has 0 N–H and O–H groups in total. The quantitative estimate of drug-likeness (QED) is 0.159. The fourth-order valence-corrected chi connectivity index (χ4v) is 10.4. The lowest BCUT2D eigenvalue weighted by atomic mass is 9.86. The van der Waals surface area contributed by atoms with Crippen LogP contribution in [0.3, 0.4) is 0 Å². The van der Waals surface area contributed by atoms with Gasteiger partial charge < -0.3 is 0 Å². The molecule has 1 heterocycles. The fraction of sp³-hybridized carbons (Fsp3) is 0. The van der Waals surface area contributed by atoms with Crippen molar-refractivity contribution < 1.29 is 0 Å². The van der Waals surface area contributed by atoms with Crippen LogP contribution < -0.4 is 0 Å². The Labute approximate surface area is 364 Å². The molecule has 0 fully saturated rings. The van der Waals surface area contributed by atoms with Crippen LogP contribution in [-0.2, 0) is 0 Å². The Morgan fingerprint density at radius 2 is 0.714 bits per heavy atom. The number of rotatable bonds is 5. The largest absolute Gasteiger partial charge is 0.292 e. The Kier molecular flexibility index (Phi) is 7.94. The predicted octanol–water partition coefficient (Wildman–Crippen LogP) is 16.6. The Morgan fingerprint density at radius 1 is 0.286 bits per heavy atom. The van der Waals surface area contributed by atoms with E-state index in [4.69, 9.17) is 4.98 Å². The standard InChI is InChI=1S/C61H38N2/c1-2-23-46(24-3-1)63-60-56(45-36-34-40-18-5-7-21-43(40)38-45)50-27-11-10-26-49(50)55(44-35-33-39-17-4-6-20-42(39)37-44)59(60)62-61(63)58-53-30-14-12-28-51(53)57(52-29-13-15-31-54(52)58)48-32-16-22-41-19-8-9-25-47(41)48/h1-38H. The van der Waals surface area contributed by atoms with Crippen LogP contribution in [0, 0.1) is 0 Å². The highest BCUT2D eigenvalue weighted by Gasteiger charge is 2.28. The smallest absolute Gasteiger partial charge is 0.147 e. The highest BCUT2D eigenvalue weighted by Crippen LogP contribution is 2.50. The number of hydrogen-bond acceptors (Lipinski definition) is 1. The van der Waals surface area contributed by atoms with Crippen molar-refractivity contribution in [3.8, 4) is 50.5 Å². The molecule has 0 aliphatic carbocycles. The monoisotopic (exact) mass is 798 g/mol. The molecule has 0 saturated carbocycles. The molecule has 12 aromatic carbocycles. The van der Waals surface area contributed by atoms with Crippen LogP contribution in [0.5, 0.6) is 0 Å². The van der Waals surface area contributed by atoms with Gasteiger partial charge in [0.15, 0.2) is 0 Å². The van der Waals surface area contributed by atoms with Crippen molar-refractivity contribution in [1.29, 1.82) is 0 Å². The van der Waals surface area contributed by atoms with Gasteiger partial charge in [0.2, 0.25) is 0 Å². The summed E-state index contributed by atoms with van der Waals surface area (Å²) in [7, 11) is 0. The molecule has 0 aliphatic rings. The number of imidazole rings is 1. The first-order valence-corrected chi connectivity index (χ1v) is 21.7. The summed E-state index contributed by atoms with van der Waals surface area (Å²) in [4.78, 5) is 6.03. The van der Waals surface area contributed by atoms with Crippen LogP contribution in [0.4, 0.5) is 0 Å². The third kappa shape index (κ3) is 5.48. The summed E-state index contributed by atoms with van der Waals surface area (Å²) in [6.07, 6.45) is 0.